The fourth-order valence-electron chi connectivity index (χ4n) is 2.61. The molecule has 0 atom stereocenters. The monoisotopic (exact) mass is 230 g/mol. The van der Waals surface area contributed by atoms with Crippen LogP contribution in [0.1, 0.15) is 37.3 Å². The van der Waals surface area contributed by atoms with E-state index < -0.39 is 0 Å². The van der Waals surface area contributed by atoms with Gasteiger partial charge in [-0.1, -0.05) is 6.92 Å². The Hall–Kier alpha value is -1.64. The molecular weight excluding hydrogens is 212 g/mol. The van der Waals surface area contributed by atoms with E-state index in [2.05, 4.69) is 17.4 Å². The average Bonchev–Trinajstić information content (AvgIpc) is 2.35. The molecular formula is C14H18N2O. The lowest BCUT2D eigenvalue weighted by molar-refractivity contribution is 0.396. The van der Waals surface area contributed by atoms with Gasteiger partial charge in [0.15, 0.2) is 5.75 Å². The molecule has 0 bridgehead atoms. The van der Waals surface area contributed by atoms with Gasteiger partial charge in [-0.05, 0) is 48.9 Å². The minimum atomic E-state index is 0.649. The fraction of sp³-hybridized carbons (Fsp3) is 0.429. The molecule has 3 N–H and O–H groups in total. The largest absolute Gasteiger partial charge is 0.456 e. The Morgan fingerprint density at radius 3 is 2.65 bits per heavy atom. The first-order valence-electron chi connectivity index (χ1n) is 6.37. The number of nitrogens with one attached hydrogen (secondary N) is 1. The predicted octanol–water partition coefficient (Wildman–Crippen LogP) is 2.91. The molecule has 1 aliphatic carbocycles. The van der Waals surface area contributed by atoms with E-state index in [-0.39, 0.29) is 0 Å². The number of hydrogen-bond acceptors (Lipinski definition) is 3. The van der Waals surface area contributed by atoms with Gasteiger partial charge in [0.1, 0.15) is 11.6 Å². The number of fused-ring (bicyclic) bond motifs is 2. The Morgan fingerprint density at radius 1 is 1.24 bits per heavy atom. The van der Waals surface area contributed by atoms with Crippen molar-refractivity contribution in [3.8, 4) is 5.75 Å². The van der Waals surface area contributed by atoms with Crippen LogP contribution in [0.15, 0.2) is 23.7 Å². The summed E-state index contributed by atoms with van der Waals surface area (Å²) in [7, 11) is 0. The van der Waals surface area contributed by atoms with Gasteiger partial charge in [-0.2, -0.15) is 0 Å². The van der Waals surface area contributed by atoms with Crippen molar-refractivity contribution in [2.45, 2.75) is 39.0 Å². The molecule has 1 aliphatic heterocycles. The molecule has 0 saturated heterocycles. The Bertz CT molecular complexity index is 491. The molecule has 3 rings (SSSR count). The van der Waals surface area contributed by atoms with Gasteiger partial charge in [0.2, 0.25) is 0 Å². The molecule has 0 radical (unpaired) electrons. The molecule has 1 heterocycles. The van der Waals surface area contributed by atoms with Gasteiger partial charge in [0, 0.05) is 6.42 Å². The summed E-state index contributed by atoms with van der Waals surface area (Å²) >= 11 is 0. The second kappa shape index (κ2) is 3.99. The lowest BCUT2D eigenvalue weighted by Gasteiger charge is -2.25. The second-order valence-corrected chi connectivity index (χ2v) is 4.74. The number of aryl methyl sites for hydroxylation is 2. The average molecular weight is 230 g/mol. The zero-order valence-corrected chi connectivity index (χ0v) is 10.2. The number of rotatable bonds is 1. The minimum Gasteiger partial charge on any atom is -0.456 e. The van der Waals surface area contributed by atoms with Crippen molar-refractivity contribution in [1.29, 1.82) is 0 Å². The van der Waals surface area contributed by atoms with Crippen LogP contribution in [-0.4, -0.2) is 0 Å². The zero-order valence-electron chi connectivity index (χ0n) is 10.2. The SMILES string of the molecule is CCC1=C(N)Nc2cc3c(cc2O1)CCCC3. The Morgan fingerprint density at radius 2 is 1.94 bits per heavy atom. The molecule has 3 heteroatoms. The van der Waals surface area contributed by atoms with Gasteiger partial charge in [0.05, 0.1) is 5.69 Å². The quantitative estimate of drug-likeness (QED) is 0.779. The van der Waals surface area contributed by atoms with Crippen LogP contribution in [0, 0.1) is 0 Å². The number of nitrogens with two attached hydrogens (primary N) is 1. The smallest absolute Gasteiger partial charge is 0.150 e. The predicted molar refractivity (Wildman–Crippen MR) is 68.8 cm³/mol. The summed E-state index contributed by atoms with van der Waals surface area (Å²) in [6.45, 7) is 2.05. The maximum atomic E-state index is 5.92. The molecule has 0 spiro atoms. The number of hydrogen-bond donors (Lipinski definition) is 2. The zero-order chi connectivity index (χ0) is 11.8. The molecule has 1 aromatic rings. The maximum absolute atomic E-state index is 5.92. The van der Waals surface area contributed by atoms with E-state index in [9.17, 15) is 0 Å². The van der Waals surface area contributed by atoms with Crippen LogP contribution in [0.3, 0.4) is 0 Å². The number of allylic oxidation sites excluding steroid dienone is 1. The Balaban J connectivity index is 2.01. The Labute approximate surface area is 102 Å². The lowest BCUT2D eigenvalue weighted by atomic mass is 9.91. The van der Waals surface area contributed by atoms with E-state index >= 15 is 0 Å². The van der Waals surface area contributed by atoms with Crippen LogP contribution in [0.4, 0.5) is 5.69 Å². The van der Waals surface area contributed by atoms with E-state index in [0.717, 1.165) is 23.6 Å². The molecule has 2 aliphatic rings. The third-order valence-electron chi connectivity index (χ3n) is 3.57. The fourth-order valence-corrected chi connectivity index (χ4v) is 2.61. The normalized spacial score (nSPS) is 17.9. The van der Waals surface area contributed by atoms with Crippen LogP contribution in [0.5, 0.6) is 5.75 Å². The summed E-state index contributed by atoms with van der Waals surface area (Å²) in [5.74, 6) is 2.42. The van der Waals surface area contributed by atoms with Crippen LogP contribution >= 0.6 is 0 Å². The highest BCUT2D eigenvalue weighted by atomic mass is 16.5. The highest BCUT2D eigenvalue weighted by Crippen LogP contribution is 2.37. The van der Waals surface area contributed by atoms with Gasteiger partial charge >= 0.3 is 0 Å². The third-order valence-corrected chi connectivity index (χ3v) is 3.57. The van der Waals surface area contributed by atoms with E-state index in [1.165, 1.54) is 36.8 Å². The molecule has 0 unspecified atom stereocenters. The summed E-state index contributed by atoms with van der Waals surface area (Å²) in [5.41, 5.74) is 9.82. The number of anilines is 1. The molecule has 0 fully saturated rings. The molecule has 0 saturated carbocycles. The molecule has 0 aromatic heterocycles. The van der Waals surface area contributed by atoms with Crippen LogP contribution in [0.2, 0.25) is 0 Å². The molecule has 17 heavy (non-hydrogen) atoms. The highest BCUT2D eigenvalue weighted by molar-refractivity contribution is 5.65. The topological polar surface area (TPSA) is 47.3 Å². The maximum Gasteiger partial charge on any atom is 0.150 e. The number of benzene rings is 1. The van der Waals surface area contributed by atoms with Gasteiger partial charge in [-0.25, -0.2) is 0 Å². The molecule has 0 amide bonds. The second-order valence-electron chi connectivity index (χ2n) is 4.74. The van der Waals surface area contributed by atoms with E-state index in [1.807, 2.05) is 6.92 Å². The van der Waals surface area contributed by atoms with E-state index in [0.29, 0.717) is 5.82 Å². The third kappa shape index (κ3) is 1.75. The van der Waals surface area contributed by atoms with Crippen LogP contribution < -0.4 is 15.8 Å². The van der Waals surface area contributed by atoms with Crippen LogP contribution in [0.25, 0.3) is 0 Å². The Kier molecular flexibility index (Phi) is 2.46. The first-order valence-corrected chi connectivity index (χ1v) is 6.37. The summed E-state index contributed by atoms with van der Waals surface area (Å²) in [6.07, 6.45) is 5.74. The first-order chi connectivity index (χ1) is 8.28. The van der Waals surface area contributed by atoms with Crippen molar-refractivity contribution in [2.24, 2.45) is 5.73 Å². The molecule has 90 valence electrons. The van der Waals surface area contributed by atoms with E-state index in [4.69, 9.17) is 10.5 Å². The van der Waals surface area contributed by atoms with Gasteiger partial charge in [-0.3, -0.25) is 0 Å². The summed E-state index contributed by atoms with van der Waals surface area (Å²) in [4.78, 5) is 0. The minimum absolute atomic E-state index is 0.649. The summed E-state index contributed by atoms with van der Waals surface area (Å²) < 4.78 is 5.85. The molecule has 1 aromatic carbocycles. The van der Waals surface area contributed by atoms with E-state index in [1.54, 1.807) is 0 Å². The van der Waals surface area contributed by atoms with Gasteiger partial charge in [-0.15, -0.1) is 0 Å². The summed E-state index contributed by atoms with van der Waals surface area (Å²) in [6, 6.07) is 4.38. The van der Waals surface area contributed by atoms with Gasteiger partial charge in [0.25, 0.3) is 0 Å². The lowest BCUT2D eigenvalue weighted by Crippen LogP contribution is -2.21. The number of ether oxygens (including phenoxy) is 1. The summed E-state index contributed by atoms with van der Waals surface area (Å²) in [5, 5.41) is 3.24. The first kappa shape index (κ1) is 10.5. The van der Waals surface area contributed by atoms with Crippen molar-refractivity contribution in [3.63, 3.8) is 0 Å². The van der Waals surface area contributed by atoms with Crippen molar-refractivity contribution >= 4 is 5.69 Å². The highest BCUT2D eigenvalue weighted by Gasteiger charge is 2.20. The van der Waals surface area contributed by atoms with Crippen molar-refractivity contribution < 1.29 is 4.74 Å². The standard InChI is InChI=1S/C14H18N2O/c1-2-12-14(15)16-11-7-9-5-3-4-6-10(9)8-13(11)17-12/h7-8,16H,2-6,15H2,1H3. The van der Waals surface area contributed by atoms with Crippen molar-refractivity contribution in [2.75, 3.05) is 5.32 Å². The van der Waals surface area contributed by atoms with Gasteiger partial charge < -0.3 is 15.8 Å². The van der Waals surface area contributed by atoms with Crippen molar-refractivity contribution in [1.82, 2.24) is 0 Å². The van der Waals surface area contributed by atoms with Crippen LogP contribution in [-0.2, 0) is 12.8 Å². The van der Waals surface area contributed by atoms with Crippen molar-refractivity contribution in [3.05, 3.63) is 34.8 Å². The molecule has 3 nitrogen and oxygen atoms in total.